The summed E-state index contributed by atoms with van der Waals surface area (Å²) < 4.78 is 18.3. The summed E-state index contributed by atoms with van der Waals surface area (Å²) >= 11 is 6.06. The van der Waals surface area contributed by atoms with Crippen LogP contribution in [-0.4, -0.2) is 32.2 Å². The van der Waals surface area contributed by atoms with E-state index in [9.17, 15) is 9.18 Å². The fraction of sp³-hybridized carbons (Fsp3) is 0.235. The number of nitrogens with zero attached hydrogens (tertiary/aromatic N) is 1. The molecule has 23 heavy (non-hydrogen) atoms. The maximum absolute atomic E-state index is 13.0. The lowest BCUT2D eigenvalue weighted by atomic mass is 10.2. The zero-order valence-corrected chi connectivity index (χ0v) is 13.1. The van der Waals surface area contributed by atoms with Crippen molar-refractivity contribution >= 4 is 28.9 Å². The number of hydrogen-bond acceptors (Lipinski definition) is 3. The van der Waals surface area contributed by atoms with E-state index in [4.69, 9.17) is 16.3 Å². The second kappa shape index (κ2) is 6.98. The van der Waals surface area contributed by atoms with Gasteiger partial charge in [0.05, 0.1) is 24.6 Å². The van der Waals surface area contributed by atoms with Gasteiger partial charge in [0, 0.05) is 23.7 Å². The lowest BCUT2D eigenvalue weighted by Crippen LogP contribution is -2.36. The zero-order valence-electron chi connectivity index (χ0n) is 12.4. The van der Waals surface area contributed by atoms with E-state index in [1.807, 2.05) is 6.07 Å². The monoisotopic (exact) mass is 334 g/mol. The number of amides is 1. The van der Waals surface area contributed by atoms with Gasteiger partial charge in [-0.15, -0.1) is 0 Å². The maximum Gasteiger partial charge on any atom is 0.255 e. The van der Waals surface area contributed by atoms with Crippen LogP contribution in [0.4, 0.5) is 15.8 Å². The Bertz CT molecular complexity index is 700. The van der Waals surface area contributed by atoms with Gasteiger partial charge in [0.1, 0.15) is 5.82 Å². The smallest absolute Gasteiger partial charge is 0.255 e. The van der Waals surface area contributed by atoms with Crippen molar-refractivity contribution < 1.29 is 13.9 Å². The molecule has 1 saturated heterocycles. The SMILES string of the molecule is O=C(Nc1cc(Cl)ccc1N1CCOCC1)c1ccc(F)cc1. The van der Waals surface area contributed by atoms with Crippen LogP contribution in [0.2, 0.25) is 5.02 Å². The van der Waals surface area contributed by atoms with Gasteiger partial charge in [-0.2, -0.15) is 0 Å². The van der Waals surface area contributed by atoms with E-state index in [0.29, 0.717) is 29.5 Å². The van der Waals surface area contributed by atoms with Gasteiger partial charge in [0.25, 0.3) is 5.91 Å². The third-order valence-corrected chi connectivity index (χ3v) is 3.90. The third-order valence-electron chi connectivity index (χ3n) is 3.66. The molecule has 0 saturated carbocycles. The van der Waals surface area contributed by atoms with Gasteiger partial charge in [-0.25, -0.2) is 4.39 Å². The summed E-state index contributed by atoms with van der Waals surface area (Å²) in [5.41, 5.74) is 1.92. The Labute approximate surface area is 138 Å². The summed E-state index contributed by atoms with van der Waals surface area (Å²) in [7, 11) is 0. The maximum atomic E-state index is 13.0. The van der Waals surface area contributed by atoms with Crippen LogP contribution in [0.15, 0.2) is 42.5 Å². The molecule has 1 aliphatic heterocycles. The summed E-state index contributed by atoms with van der Waals surface area (Å²) in [5.74, 6) is -0.680. The highest BCUT2D eigenvalue weighted by Gasteiger charge is 2.17. The summed E-state index contributed by atoms with van der Waals surface area (Å²) in [5, 5.41) is 3.39. The summed E-state index contributed by atoms with van der Waals surface area (Å²) in [6, 6.07) is 10.8. The van der Waals surface area contributed by atoms with Crippen molar-refractivity contribution in [2.45, 2.75) is 0 Å². The van der Waals surface area contributed by atoms with Gasteiger partial charge in [-0.1, -0.05) is 11.6 Å². The van der Waals surface area contributed by atoms with Gasteiger partial charge >= 0.3 is 0 Å². The molecule has 1 aliphatic rings. The average Bonchev–Trinajstić information content (AvgIpc) is 2.56. The number of nitrogens with one attached hydrogen (secondary N) is 1. The van der Waals surface area contributed by atoms with Crippen molar-refractivity contribution in [1.29, 1.82) is 0 Å². The molecule has 120 valence electrons. The van der Waals surface area contributed by atoms with Crippen LogP contribution in [-0.2, 0) is 4.74 Å². The molecule has 2 aromatic rings. The molecule has 0 radical (unpaired) electrons. The van der Waals surface area contributed by atoms with Crippen LogP contribution < -0.4 is 10.2 Å². The second-order valence-corrected chi connectivity index (χ2v) is 5.66. The third kappa shape index (κ3) is 3.81. The van der Waals surface area contributed by atoms with Crippen molar-refractivity contribution in [1.82, 2.24) is 0 Å². The molecule has 1 heterocycles. The Balaban J connectivity index is 1.84. The van der Waals surface area contributed by atoms with Gasteiger partial charge in [-0.3, -0.25) is 4.79 Å². The Morgan fingerprint density at radius 3 is 2.52 bits per heavy atom. The predicted octanol–water partition coefficient (Wildman–Crippen LogP) is 3.57. The number of carbonyl (C=O) groups excluding carboxylic acids is 1. The van der Waals surface area contributed by atoms with E-state index in [2.05, 4.69) is 10.2 Å². The van der Waals surface area contributed by atoms with Gasteiger partial charge < -0.3 is 15.0 Å². The number of carbonyl (C=O) groups is 1. The van der Waals surface area contributed by atoms with E-state index in [1.165, 1.54) is 24.3 Å². The van der Waals surface area contributed by atoms with Crippen molar-refractivity contribution in [3.8, 4) is 0 Å². The summed E-state index contributed by atoms with van der Waals surface area (Å²) in [4.78, 5) is 14.5. The molecule has 3 rings (SSSR count). The van der Waals surface area contributed by atoms with E-state index in [1.54, 1.807) is 12.1 Å². The molecular weight excluding hydrogens is 319 g/mol. The van der Waals surface area contributed by atoms with Gasteiger partial charge in [-0.05, 0) is 42.5 Å². The lowest BCUT2D eigenvalue weighted by Gasteiger charge is -2.30. The number of benzene rings is 2. The van der Waals surface area contributed by atoms with E-state index < -0.39 is 0 Å². The number of morpholine rings is 1. The zero-order chi connectivity index (χ0) is 16.2. The number of anilines is 2. The second-order valence-electron chi connectivity index (χ2n) is 5.22. The lowest BCUT2D eigenvalue weighted by molar-refractivity contribution is 0.102. The summed E-state index contributed by atoms with van der Waals surface area (Å²) in [6.07, 6.45) is 0. The molecule has 0 atom stereocenters. The quantitative estimate of drug-likeness (QED) is 0.933. The van der Waals surface area contributed by atoms with Crippen molar-refractivity contribution in [3.05, 3.63) is 58.9 Å². The average molecular weight is 335 g/mol. The Morgan fingerprint density at radius 1 is 1.13 bits per heavy atom. The highest BCUT2D eigenvalue weighted by Crippen LogP contribution is 2.30. The van der Waals surface area contributed by atoms with E-state index >= 15 is 0 Å². The molecule has 1 N–H and O–H groups in total. The Hall–Kier alpha value is -2.11. The fourth-order valence-corrected chi connectivity index (χ4v) is 2.66. The predicted molar refractivity (Wildman–Crippen MR) is 88.8 cm³/mol. The molecule has 6 heteroatoms. The van der Waals surface area contributed by atoms with Gasteiger partial charge in [0.2, 0.25) is 0 Å². The van der Waals surface area contributed by atoms with E-state index in [-0.39, 0.29) is 11.7 Å². The molecular formula is C17H16ClFN2O2. The van der Waals surface area contributed by atoms with Crippen molar-refractivity contribution in [2.24, 2.45) is 0 Å². The van der Waals surface area contributed by atoms with Crippen LogP contribution in [0.25, 0.3) is 0 Å². The van der Waals surface area contributed by atoms with E-state index in [0.717, 1.165) is 18.8 Å². The number of ether oxygens (including phenoxy) is 1. The minimum atomic E-state index is -0.377. The molecule has 0 spiro atoms. The number of halogens is 2. The van der Waals surface area contributed by atoms with Crippen LogP contribution in [0.3, 0.4) is 0 Å². The topological polar surface area (TPSA) is 41.6 Å². The molecule has 4 nitrogen and oxygen atoms in total. The first kappa shape index (κ1) is 15.8. The van der Waals surface area contributed by atoms with Crippen LogP contribution >= 0.6 is 11.6 Å². The van der Waals surface area contributed by atoms with Gasteiger partial charge in [0.15, 0.2) is 0 Å². The fourth-order valence-electron chi connectivity index (χ4n) is 2.48. The molecule has 0 aromatic heterocycles. The molecule has 2 aromatic carbocycles. The summed E-state index contributed by atoms with van der Waals surface area (Å²) in [6.45, 7) is 2.80. The molecule has 1 fully saturated rings. The first-order valence-corrected chi connectivity index (χ1v) is 7.70. The standard InChI is InChI=1S/C17H16ClFN2O2/c18-13-3-6-16(21-7-9-23-10-8-21)15(11-13)20-17(22)12-1-4-14(19)5-2-12/h1-6,11H,7-10H2,(H,20,22). The highest BCUT2D eigenvalue weighted by molar-refractivity contribution is 6.31. The van der Waals surface area contributed by atoms with Crippen LogP contribution in [0.1, 0.15) is 10.4 Å². The minimum Gasteiger partial charge on any atom is -0.378 e. The number of hydrogen-bond donors (Lipinski definition) is 1. The molecule has 0 aliphatic carbocycles. The van der Waals surface area contributed by atoms with Crippen LogP contribution in [0, 0.1) is 5.82 Å². The molecule has 1 amide bonds. The first-order valence-electron chi connectivity index (χ1n) is 7.32. The Morgan fingerprint density at radius 2 is 1.83 bits per heavy atom. The minimum absolute atomic E-state index is 0.304. The number of rotatable bonds is 3. The molecule has 0 unspecified atom stereocenters. The Kier molecular flexibility index (Phi) is 4.79. The highest BCUT2D eigenvalue weighted by atomic mass is 35.5. The normalized spacial score (nSPS) is 14.6. The largest absolute Gasteiger partial charge is 0.378 e. The molecule has 0 bridgehead atoms. The van der Waals surface area contributed by atoms with Crippen LogP contribution in [0.5, 0.6) is 0 Å². The van der Waals surface area contributed by atoms with Crippen molar-refractivity contribution in [3.63, 3.8) is 0 Å². The van der Waals surface area contributed by atoms with Crippen molar-refractivity contribution in [2.75, 3.05) is 36.5 Å². The first-order chi connectivity index (χ1) is 11.1.